The van der Waals surface area contributed by atoms with Crippen molar-refractivity contribution < 1.29 is 0 Å². The van der Waals surface area contributed by atoms with Crippen molar-refractivity contribution in [2.24, 2.45) is 0 Å². The zero-order valence-corrected chi connectivity index (χ0v) is 8.89. The Hall–Kier alpha value is -1.89. The summed E-state index contributed by atoms with van der Waals surface area (Å²) in [5.41, 5.74) is -0.966. The highest BCUT2D eigenvalue weighted by Crippen LogP contribution is 1.93. The van der Waals surface area contributed by atoms with E-state index in [1.807, 2.05) is 0 Å². The number of aromatic nitrogens is 5. The molecule has 0 aliphatic rings. The molecule has 0 spiro atoms. The summed E-state index contributed by atoms with van der Waals surface area (Å²) < 4.78 is 2.58. The van der Waals surface area contributed by atoms with Crippen LogP contribution in [0.15, 0.2) is 28.0 Å². The van der Waals surface area contributed by atoms with Gasteiger partial charge in [0, 0.05) is 12.3 Å². The normalized spacial score (nSPS) is 10.6. The Bertz CT molecular complexity index is 554. The van der Waals surface area contributed by atoms with Gasteiger partial charge in [-0.1, -0.05) is 16.8 Å². The third-order valence-electron chi connectivity index (χ3n) is 2.01. The van der Waals surface area contributed by atoms with Crippen LogP contribution in [0.5, 0.6) is 0 Å². The first-order chi connectivity index (χ1) is 7.66. The highest BCUT2D eigenvalue weighted by molar-refractivity contribution is 6.29. The maximum atomic E-state index is 11.4. The molecule has 0 fully saturated rings. The summed E-state index contributed by atoms with van der Waals surface area (Å²) in [4.78, 5) is 25.2. The lowest BCUT2D eigenvalue weighted by Gasteiger charge is -2.03. The Labute approximate surface area is 94.3 Å². The Balaban J connectivity index is 2.22. The maximum Gasteiger partial charge on any atom is 0.329 e. The maximum absolute atomic E-state index is 11.4. The van der Waals surface area contributed by atoms with Crippen molar-refractivity contribution in [3.05, 3.63) is 44.5 Å². The van der Waals surface area contributed by atoms with E-state index in [9.17, 15) is 9.59 Å². The molecule has 8 heteroatoms. The van der Waals surface area contributed by atoms with Gasteiger partial charge >= 0.3 is 5.69 Å². The van der Waals surface area contributed by atoms with E-state index in [0.29, 0.717) is 6.54 Å². The fraction of sp³-hybridized carbons (Fsp3) is 0.250. The second-order valence-corrected chi connectivity index (χ2v) is 3.49. The molecule has 0 unspecified atom stereocenters. The highest BCUT2D eigenvalue weighted by Gasteiger charge is 2.03. The molecule has 7 nitrogen and oxygen atoms in total. The average Bonchev–Trinajstić information content (AvgIpc) is 2.68. The minimum Gasteiger partial charge on any atom is -0.298 e. The van der Waals surface area contributed by atoms with Crippen LogP contribution >= 0.6 is 11.6 Å². The number of nitrogens with one attached hydrogen (secondary N) is 1. The Morgan fingerprint density at radius 1 is 1.38 bits per heavy atom. The molecule has 0 aromatic carbocycles. The molecule has 0 aliphatic heterocycles. The second-order valence-electron chi connectivity index (χ2n) is 3.08. The summed E-state index contributed by atoms with van der Waals surface area (Å²) in [6.07, 6.45) is 3.17. The molecule has 84 valence electrons. The number of nitrogens with zero attached hydrogens (tertiary/aromatic N) is 4. The van der Waals surface area contributed by atoms with Gasteiger partial charge in [-0.3, -0.25) is 19.0 Å². The predicted octanol–water partition coefficient (Wildman–Crippen LogP) is -0.518. The third-order valence-corrected chi connectivity index (χ3v) is 2.22. The van der Waals surface area contributed by atoms with E-state index in [0.717, 1.165) is 10.6 Å². The second kappa shape index (κ2) is 4.31. The molecule has 2 heterocycles. The summed E-state index contributed by atoms with van der Waals surface area (Å²) in [5, 5.41) is 7.37. The standard InChI is InChI=1S/C8H8ClN5O2/c9-6-5-7(15)14(8(16)11-6)4-3-13-2-1-10-12-13/h1-2,5H,3-4H2,(H,11,16). The highest BCUT2D eigenvalue weighted by atomic mass is 35.5. The molecule has 0 radical (unpaired) electrons. The minimum atomic E-state index is -0.530. The number of rotatable bonds is 3. The molecule has 1 N–H and O–H groups in total. The van der Waals surface area contributed by atoms with Gasteiger partial charge in [-0.15, -0.1) is 5.10 Å². The fourth-order valence-corrected chi connectivity index (χ4v) is 1.43. The van der Waals surface area contributed by atoms with Crippen molar-refractivity contribution in [3.8, 4) is 0 Å². The molecule has 0 saturated heterocycles. The lowest BCUT2D eigenvalue weighted by atomic mass is 10.5. The molecular formula is C8H8ClN5O2. The quantitative estimate of drug-likeness (QED) is 0.733. The van der Waals surface area contributed by atoms with Gasteiger partial charge < -0.3 is 0 Å². The summed E-state index contributed by atoms with van der Waals surface area (Å²) in [7, 11) is 0. The van der Waals surface area contributed by atoms with Crippen molar-refractivity contribution in [3.63, 3.8) is 0 Å². The van der Waals surface area contributed by atoms with Crippen LogP contribution in [0.2, 0.25) is 5.15 Å². The smallest absolute Gasteiger partial charge is 0.298 e. The summed E-state index contributed by atoms with van der Waals surface area (Å²) in [6, 6.07) is 1.16. The lowest BCUT2D eigenvalue weighted by molar-refractivity contribution is 0.497. The van der Waals surface area contributed by atoms with E-state index >= 15 is 0 Å². The van der Waals surface area contributed by atoms with E-state index < -0.39 is 11.2 Å². The zero-order chi connectivity index (χ0) is 11.5. The van der Waals surface area contributed by atoms with Crippen LogP contribution in [0.4, 0.5) is 0 Å². The molecular weight excluding hydrogens is 234 g/mol. The van der Waals surface area contributed by atoms with Crippen molar-refractivity contribution in [2.75, 3.05) is 0 Å². The van der Waals surface area contributed by atoms with Gasteiger partial charge in [-0.2, -0.15) is 0 Å². The lowest BCUT2D eigenvalue weighted by Crippen LogP contribution is -2.35. The van der Waals surface area contributed by atoms with Crippen LogP contribution in [-0.2, 0) is 13.1 Å². The number of halogens is 1. The molecule has 0 amide bonds. The van der Waals surface area contributed by atoms with E-state index in [4.69, 9.17) is 11.6 Å². The first kappa shape index (κ1) is 10.6. The van der Waals surface area contributed by atoms with Crippen molar-refractivity contribution in [1.29, 1.82) is 0 Å². The monoisotopic (exact) mass is 241 g/mol. The Morgan fingerprint density at radius 3 is 2.81 bits per heavy atom. The minimum absolute atomic E-state index is 0.0343. The molecule has 16 heavy (non-hydrogen) atoms. The molecule has 0 bridgehead atoms. The van der Waals surface area contributed by atoms with Gasteiger partial charge in [0.05, 0.1) is 19.3 Å². The van der Waals surface area contributed by atoms with Gasteiger partial charge in [0.25, 0.3) is 5.56 Å². The van der Waals surface area contributed by atoms with Gasteiger partial charge in [0.15, 0.2) is 0 Å². The summed E-state index contributed by atoms with van der Waals surface area (Å²) >= 11 is 5.53. The first-order valence-electron chi connectivity index (χ1n) is 4.50. The molecule has 2 aromatic rings. The Kier molecular flexibility index (Phi) is 2.86. The van der Waals surface area contributed by atoms with Crippen LogP contribution in [0.25, 0.3) is 0 Å². The SMILES string of the molecule is O=c1cc(Cl)[nH]c(=O)n1CCn1ccnn1. The number of hydrogen-bond acceptors (Lipinski definition) is 4. The fourth-order valence-electron chi connectivity index (χ4n) is 1.26. The number of aromatic amines is 1. The number of hydrogen-bond donors (Lipinski definition) is 1. The van der Waals surface area contributed by atoms with Crippen molar-refractivity contribution in [1.82, 2.24) is 24.5 Å². The number of aryl methyl sites for hydroxylation is 1. The first-order valence-corrected chi connectivity index (χ1v) is 4.88. The zero-order valence-electron chi connectivity index (χ0n) is 8.13. The molecule has 2 rings (SSSR count). The van der Waals surface area contributed by atoms with E-state index in [1.54, 1.807) is 6.20 Å². The number of H-pyrrole nitrogens is 1. The summed E-state index contributed by atoms with van der Waals surface area (Å²) in [6.45, 7) is 0.610. The van der Waals surface area contributed by atoms with Crippen molar-refractivity contribution >= 4 is 11.6 Å². The average molecular weight is 242 g/mol. The van der Waals surface area contributed by atoms with Crippen LogP contribution in [0.3, 0.4) is 0 Å². The molecule has 0 aliphatic carbocycles. The van der Waals surface area contributed by atoms with Crippen LogP contribution < -0.4 is 11.2 Å². The molecule has 0 saturated carbocycles. The molecule has 2 aromatic heterocycles. The topological polar surface area (TPSA) is 85.6 Å². The van der Waals surface area contributed by atoms with Crippen LogP contribution in [0.1, 0.15) is 0 Å². The molecule has 0 atom stereocenters. The van der Waals surface area contributed by atoms with Gasteiger partial charge in [-0.25, -0.2) is 4.79 Å². The third kappa shape index (κ3) is 2.19. The van der Waals surface area contributed by atoms with E-state index in [2.05, 4.69) is 15.3 Å². The van der Waals surface area contributed by atoms with E-state index in [1.165, 1.54) is 10.9 Å². The van der Waals surface area contributed by atoms with Gasteiger partial charge in [-0.05, 0) is 0 Å². The largest absolute Gasteiger partial charge is 0.329 e. The van der Waals surface area contributed by atoms with Gasteiger partial charge in [0.1, 0.15) is 5.15 Å². The van der Waals surface area contributed by atoms with Crippen LogP contribution in [0, 0.1) is 0 Å². The predicted molar refractivity (Wildman–Crippen MR) is 56.4 cm³/mol. The Morgan fingerprint density at radius 2 is 2.19 bits per heavy atom. The van der Waals surface area contributed by atoms with Crippen molar-refractivity contribution in [2.45, 2.75) is 13.1 Å². The van der Waals surface area contributed by atoms with E-state index in [-0.39, 0.29) is 11.7 Å². The van der Waals surface area contributed by atoms with Gasteiger partial charge in [0.2, 0.25) is 0 Å². The summed E-state index contributed by atoms with van der Waals surface area (Å²) in [5.74, 6) is 0. The van der Waals surface area contributed by atoms with Crippen LogP contribution in [-0.4, -0.2) is 24.5 Å².